The Morgan fingerprint density at radius 2 is 1.83 bits per heavy atom. The first kappa shape index (κ1) is 15.8. The topological polar surface area (TPSA) is 77.7 Å². The van der Waals surface area contributed by atoms with Crippen LogP contribution in [-0.4, -0.2) is 28.2 Å². The number of rotatable bonds is 4. The molecule has 0 aliphatic heterocycles. The Labute approximate surface area is 138 Å². The van der Waals surface area contributed by atoms with Crippen LogP contribution in [0.3, 0.4) is 0 Å². The van der Waals surface area contributed by atoms with Crippen LogP contribution in [0.1, 0.15) is 17.2 Å². The van der Waals surface area contributed by atoms with Gasteiger partial charge in [0.05, 0.1) is 5.69 Å². The van der Waals surface area contributed by atoms with E-state index in [1.807, 2.05) is 31.2 Å². The zero-order valence-corrected chi connectivity index (χ0v) is 14.6. The maximum Gasteiger partial charge on any atom is 0.212 e. The van der Waals surface area contributed by atoms with Crippen molar-refractivity contribution < 1.29 is 8.42 Å². The monoisotopic (exact) mass is 348 g/mol. The standard InChI is InChI=1S/C15H16N4O2S2/c1-10-4-6-12(7-5-10)13-8-22-15(16-13)23(20,21)9-14-18-17-11(2)19(14)3/h4-8H,9H2,1-3H3. The van der Waals surface area contributed by atoms with Gasteiger partial charge in [-0.15, -0.1) is 21.5 Å². The molecule has 23 heavy (non-hydrogen) atoms. The highest BCUT2D eigenvalue weighted by atomic mass is 32.2. The van der Waals surface area contributed by atoms with E-state index in [1.165, 1.54) is 0 Å². The number of thiazole rings is 1. The van der Waals surface area contributed by atoms with Gasteiger partial charge in [0.25, 0.3) is 0 Å². The van der Waals surface area contributed by atoms with Gasteiger partial charge in [-0.1, -0.05) is 29.8 Å². The first-order valence-electron chi connectivity index (χ1n) is 6.97. The van der Waals surface area contributed by atoms with Gasteiger partial charge in [-0.3, -0.25) is 0 Å². The summed E-state index contributed by atoms with van der Waals surface area (Å²) in [4.78, 5) is 4.29. The normalized spacial score (nSPS) is 11.8. The number of aromatic nitrogens is 4. The van der Waals surface area contributed by atoms with Crippen molar-refractivity contribution in [1.29, 1.82) is 0 Å². The maximum absolute atomic E-state index is 12.5. The molecule has 1 aromatic carbocycles. The molecule has 8 heteroatoms. The summed E-state index contributed by atoms with van der Waals surface area (Å²) >= 11 is 1.13. The Balaban J connectivity index is 1.89. The van der Waals surface area contributed by atoms with Crippen LogP contribution in [0, 0.1) is 13.8 Å². The molecule has 3 rings (SSSR count). The predicted molar refractivity (Wildman–Crippen MR) is 88.9 cm³/mol. The molecule has 0 aliphatic carbocycles. The lowest BCUT2D eigenvalue weighted by Crippen LogP contribution is -2.09. The molecule has 0 N–H and O–H groups in total. The summed E-state index contributed by atoms with van der Waals surface area (Å²) in [7, 11) is -1.78. The fraction of sp³-hybridized carbons (Fsp3) is 0.267. The first-order chi connectivity index (χ1) is 10.9. The van der Waals surface area contributed by atoms with Gasteiger partial charge in [0.1, 0.15) is 17.4 Å². The summed E-state index contributed by atoms with van der Waals surface area (Å²) < 4.78 is 26.8. The van der Waals surface area contributed by atoms with Crippen LogP contribution < -0.4 is 0 Å². The third-order valence-electron chi connectivity index (χ3n) is 3.60. The van der Waals surface area contributed by atoms with Gasteiger partial charge in [0.2, 0.25) is 14.2 Å². The minimum Gasteiger partial charge on any atom is -0.317 e. The molecule has 0 saturated carbocycles. The van der Waals surface area contributed by atoms with Crippen molar-refractivity contribution in [2.45, 2.75) is 23.9 Å². The van der Waals surface area contributed by atoms with Crippen molar-refractivity contribution in [3.05, 3.63) is 46.9 Å². The molecule has 6 nitrogen and oxygen atoms in total. The minimum absolute atomic E-state index is 0.105. The average Bonchev–Trinajstić information content (AvgIpc) is 3.11. The molecular formula is C15H16N4O2S2. The third-order valence-corrected chi connectivity index (χ3v) is 6.54. The van der Waals surface area contributed by atoms with E-state index in [4.69, 9.17) is 0 Å². The van der Waals surface area contributed by atoms with Crippen LogP contribution in [-0.2, 0) is 22.6 Å². The van der Waals surface area contributed by atoms with E-state index in [1.54, 1.807) is 23.9 Å². The van der Waals surface area contributed by atoms with Gasteiger partial charge >= 0.3 is 0 Å². The number of hydrogen-bond acceptors (Lipinski definition) is 6. The summed E-state index contributed by atoms with van der Waals surface area (Å²) in [6.07, 6.45) is 0. The summed E-state index contributed by atoms with van der Waals surface area (Å²) in [6.45, 7) is 3.78. The zero-order chi connectivity index (χ0) is 16.6. The lowest BCUT2D eigenvalue weighted by atomic mass is 10.1. The van der Waals surface area contributed by atoms with Crippen LogP contribution in [0.4, 0.5) is 0 Å². The Bertz CT molecular complexity index is 940. The number of aryl methyl sites for hydroxylation is 2. The summed E-state index contributed by atoms with van der Waals surface area (Å²) in [6, 6.07) is 7.83. The van der Waals surface area contributed by atoms with E-state index in [0.29, 0.717) is 17.3 Å². The van der Waals surface area contributed by atoms with E-state index in [-0.39, 0.29) is 10.1 Å². The second kappa shape index (κ2) is 5.86. The van der Waals surface area contributed by atoms with Crippen LogP contribution in [0.5, 0.6) is 0 Å². The van der Waals surface area contributed by atoms with Crippen molar-refractivity contribution in [1.82, 2.24) is 19.7 Å². The van der Waals surface area contributed by atoms with Crippen LogP contribution in [0.25, 0.3) is 11.3 Å². The second-order valence-electron chi connectivity index (χ2n) is 5.35. The molecule has 0 unspecified atom stereocenters. The third kappa shape index (κ3) is 3.18. The molecule has 0 amide bonds. The van der Waals surface area contributed by atoms with E-state index < -0.39 is 9.84 Å². The Morgan fingerprint density at radius 1 is 1.13 bits per heavy atom. The summed E-state index contributed by atoms with van der Waals surface area (Å²) in [5.74, 6) is 0.884. The lowest BCUT2D eigenvalue weighted by molar-refractivity contribution is 0.591. The molecule has 0 aliphatic rings. The highest BCUT2D eigenvalue weighted by Gasteiger charge is 2.23. The molecule has 0 spiro atoms. The van der Waals surface area contributed by atoms with Gasteiger partial charge in [-0.05, 0) is 13.8 Å². The minimum atomic E-state index is -3.53. The summed E-state index contributed by atoms with van der Waals surface area (Å²) in [5, 5.41) is 9.56. The molecule has 3 aromatic rings. The smallest absolute Gasteiger partial charge is 0.212 e. The molecular weight excluding hydrogens is 332 g/mol. The van der Waals surface area contributed by atoms with Gasteiger partial charge in [0, 0.05) is 18.0 Å². The fourth-order valence-corrected chi connectivity index (χ4v) is 4.48. The fourth-order valence-electron chi connectivity index (χ4n) is 2.07. The molecule has 0 fully saturated rings. The van der Waals surface area contributed by atoms with Crippen LogP contribution >= 0.6 is 11.3 Å². The molecule has 0 bridgehead atoms. The predicted octanol–water partition coefficient (Wildman–Crippen LogP) is 2.53. The molecule has 2 aromatic heterocycles. The van der Waals surface area contributed by atoms with E-state index in [2.05, 4.69) is 15.2 Å². The van der Waals surface area contributed by atoms with Gasteiger partial charge in [0.15, 0.2) is 0 Å². The molecule has 0 atom stereocenters. The van der Waals surface area contributed by atoms with Crippen molar-refractivity contribution in [3.63, 3.8) is 0 Å². The van der Waals surface area contributed by atoms with Gasteiger partial charge in [-0.25, -0.2) is 13.4 Å². The highest BCUT2D eigenvalue weighted by Crippen LogP contribution is 2.26. The first-order valence-corrected chi connectivity index (χ1v) is 9.50. The van der Waals surface area contributed by atoms with Crippen LogP contribution in [0.2, 0.25) is 0 Å². The number of sulfone groups is 1. The van der Waals surface area contributed by atoms with E-state index in [9.17, 15) is 8.42 Å². The molecule has 0 radical (unpaired) electrons. The number of hydrogen-bond donors (Lipinski definition) is 0. The Morgan fingerprint density at radius 3 is 2.43 bits per heavy atom. The Kier molecular flexibility index (Phi) is 4.03. The van der Waals surface area contributed by atoms with Crippen molar-refractivity contribution in [2.24, 2.45) is 7.05 Å². The summed E-state index contributed by atoms with van der Waals surface area (Å²) in [5.41, 5.74) is 2.72. The van der Waals surface area contributed by atoms with Crippen LogP contribution in [0.15, 0.2) is 34.0 Å². The number of benzene rings is 1. The van der Waals surface area contributed by atoms with Gasteiger partial charge < -0.3 is 4.57 Å². The van der Waals surface area contributed by atoms with Crippen molar-refractivity contribution >= 4 is 21.2 Å². The largest absolute Gasteiger partial charge is 0.317 e. The number of nitrogens with zero attached hydrogens (tertiary/aromatic N) is 4. The zero-order valence-electron chi connectivity index (χ0n) is 13.0. The average molecular weight is 348 g/mol. The molecule has 0 saturated heterocycles. The molecule has 120 valence electrons. The highest BCUT2D eigenvalue weighted by molar-refractivity contribution is 7.92. The van der Waals surface area contributed by atoms with Crippen molar-refractivity contribution in [2.75, 3.05) is 0 Å². The maximum atomic E-state index is 12.5. The Hall–Kier alpha value is -2.06. The van der Waals surface area contributed by atoms with Gasteiger partial charge in [-0.2, -0.15) is 0 Å². The lowest BCUT2D eigenvalue weighted by Gasteiger charge is -2.01. The SMILES string of the molecule is Cc1ccc(-c2csc(S(=O)(=O)Cc3nnc(C)n3C)n2)cc1. The quantitative estimate of drug-likeness (QED) is 0.724. The molecule has 2 heterocycles. The second-order valence-corrected chi connectivity index (χ2v) is 8.37. The van der Waals surface area contributed by atoms with E-state index >= 15 is 0 Å². The van der Waals surface area contributed by atoms with Crippen molar-refractivity contribution in [3.8, 4) is 11.3 Å². The van der Waals surface area contributed by atoms with E-state index in [0.717, 1.165) is 22.5 Å².